The molecule has 1 aliphatic carbocycles. The largest absolute Gasteiger partial charge is 0.322 e. The van der Waals surface area contributed by atoms with Gasteiger partial charge in [0.2, 0.25) is 5.91 Å². The molecule has 0 spiro atoms. The van der Waals surface area contributed by atoms with Gasteiger partial charge in [0.1, 0.15) is 0 Å². The number of amides is 1. The lowest BCUT2D eigenvalue weighted by molar-refractivity contribution is -0.115. The van der Waals surface area contributed by atoms with Gasteiger partial charge in [-0.1, -0.05) is 26.0 Å². The van der Waals surface area contributed by atoms with E-state index in [-0.39, 0.29) is 11.3 Å². The molecule has 2 heteroatoms. The fourth-order valence-corrected chi connectivity index (χ4v) is 1.58. The number of rotatable bonds is 0. The smallest absolute Gasteiger partial charge is 0.248 e. The molecule has 1 aliphatic heterocycles. The molecule has 0 aromatic carbocycles. The van der Waals surface area contributed by atoms with Crippen LogP contribution in [0, 0.1) is 5.41 Å². The van der Waals surface area contributed by atoms with Gasteiger partial charge < -0.3 is 5.32 Å². The third-order valence-corrected chi connectivity index (χ3v) is 2.29. The molecule has 0 bridgehead atoms. The van der Waals surface area contributed by atoms with Crippen molar-refractivity contribution in [3.8, 4) is 0 Å². The highest BCUT2D eigenvalue weighted by Crippen LogP contribution is 2.37. The van der Waals surface area contributed by atoms with E-state index in [0.717, 1.165) is 11.3 Å². The van der Waals surface area contributed by atoms with E-state index in [0.29, 0.717) is 0 Å². The van der Waals surface area contributed by atoms with Gasteiger partial charge in [-0.15, -0.1) is 0 Å². The topological polar surface area (TPSA) is 29.1 Å². The normalized spacial score (nSPS) is 24.3. The molecular weight excluding hydrogens is 150 g/mol. The van der Waals surface area contributed by atoms with Crippen molar-refractivity contribution in [2.24, 2.45) is 5.41 Å². The van der Waals surface area contributed by atoms with Gasteiger partial charge in [-0.05, 0) is 11.6 Å². The second kappa shape index (κ2) is 2.09. The van der Waals surface area contributed by atoms with Gasteiger partial charge in [0.25, 0.3) is 0 Å². The molecule has 2 rings (SSSR count). The molecule has 0 saturated heterocycles. The quantitative estimate of drug-likeness (QED) is 0.573. The Bertz CT molecular complexity index is 332. The number of hydrogen-bond donors (Lipinski definition) is 1. The summed E-state index contributed by atoms with van der Waals surface area (Å²) < 4.78 is 0. The zero-order chi connectivity index (χ0) is 8.77. The molecule has 0 aromatic rings. The highest BCUT2D eigenvalue weighted by atomic mass is 16.1. The van der Waals surface area contributed by atoms with Crippen LogP contribution in [0.5, 0.6) is 0 Å². The molecule has 2 aliphatic rings. The van der Waals surface area contributed by atoms with Crippen molar-refractivity contribution in [3.63, 3.8) is 0 Å². The van der Waals surface area contributed by atoms with Crippen LogP contribution in [0.25, 0.3) is 0 Å². The van der Waals surface area contributed by atoms with E-state index in [4.69, 9.17) is 0 Å². The van der Waals surface area contributed by atoms with Crippen LogP contribution in [0.2, 0.25) is 0 Å². The Morgan fingerprint density at radius 2 is 2.17 bits per heavy atom. The van der Waals surface area contributed by atoms with E-state index in [1.165, 1.54) is 0 Å². The van der Waals surface area contributed by atoms with Crippen molar-refractivity contribution >= 4 is 5.91 Å². The third kappa shape index (κ3) is 0.916. The monoisotopic (exact) mass is 161 g/mol. The number of nitrogens with one attached hydrogen (secondary N) is 1. The number of hydrogen-bond acceptors (Lipinski definition) is 1. The highest BCUT2D eigenvalue weighted by molar-refractivity contribution is 5.95. The summed E-state index contributed by atoms with van der Waals surface area (Å²) in [6, 6.07) is 0. The Kier molecular flexibility index (Phi) is 1.28. The first-order valence-electron chi connectivity index (χ1n) is 4.03. The fourth-order valence-electron chi connectivity index (χ4n) is 1.58. The van der Waals surface area contributed by atoms with Gasteiger partial charge in [0.05, 0.1) is 0 Å². The van der Waals surface area contributed by atoms with E-state index in [1.807, 2.05) is 12.2 Å². The van der Waals surface area contributed by atoms with Crippen LogP contribution >= 0.6 is 0 Å². The van der Waals surface area contributed by atoms with E-state index >= 15 is 0 Å². The molecule has 0 saturated carbocycles. The summed E-state index contributed by atoms with van der Waals surface area (Å²) in [6.45, 7) is 4.20. The second-order valence-corrected chi connectivity index (χ2v) is 3.71. The van der Waals surface area contributed by atoms with Gasteiger partial charge in [0.15, 0.2) is 0 Å². The molecule has 1 heterocycles. The van der Waals surface area contributed by atoms with Crippen molar-refractivity contribution in [3.05, 3.63) is 35.6 Å². The first kappa shape index (κ1) is 7.35. The Balaban J connectivity index is 2.51. The van der Waals surface area contributed by atoms with Crippen molar-refractivity contribution in [2.75, 3.05) is 0 Å². The Hall–Kier alpha value is -1.31. The molecule has 0 fully saturated rings. The average Bonchev–Trinajstić information content (AvgIpc) is 2.30. The lowest BCUT2D eigenvalue weighted by atomic mass is 9.80. The molecule has 0 unspecified atom stereocenters. The minimum absolute atomic E-state index is 0.00646. The minimum Gasteiger partial charge on any atom is -0.322 e. The zero-order valence-electron chi connectivity index (χ0n) is 7.22. The lowest BCUT2D eigenvalue weighted by Crippen LogP contribution is -2.19. The van der Waals surface area contributed by atoms with Crippen molar-refractivity contribution < 1.29 is 4.79 Å². The van der Waals surface area contributed by atoms with E-state index < -0.39 is 0 Å². The van der Waals surface area contributed by atoms with Crippen molar-refractivity contribution in [1.29, 1.82) is 0 Å². The van der Waals surface area contributed by atoms with Crippen LogP contribution in [0.1, 0.15) is 13.8 Å². The first-order valence-corrected chi connectivity index (χ1v) is 4.03. The molecule has 0 atom stereocenters. The lowest BCUT2D eigenvalue weighted by Gasteiger charge is -2.25. The number of allylic oxidation sites excluding steroid dienone is 4. The summed E-state index contributed by atoms with van der Waals surface area (Å²) in [5, 5.41) is 2.79. The Morgan fingerprint density at radius 3 is 2.83 bits per heavy atom. The van der Waals surface area contributed by atoms with Crippen LogP contribution in [0.4, 0.5) is 0 Å². The van der Waals surface area contributed by atoms with Crippen LogP contribution in [0.15, 0.2) is 35.6 Å². The number of fused-ring (bicyclic) bond motifs is 1. The van der Waals surface area contributed by atoms with Gasteiger partial charge in [0, 0.05) is 17.2 Å². The standard InChI is InChI=1S/C10H11NO/c1-10(2)5-3-4-8-7(10)6-9(12)11-8/h3-6H,1-2H3,(H,11,12). The van der Waals surface area contributed by atoms with Crippen LogP contribution in [-0.2, 0) is 4.79 Å². The molecule has 12 heavy (non-hydrogen) atoms. The molecule has 62 valence electrons. The fraction of sp³-hybridized carbons (Fsp3) is 0.300. The van der Waals surface area contributed by atoms with Crippen molar-refractivity contribution in [2.45, 2.75) is 13.8 Å². The molecule has 0 aromatic heterocycles. The van der Waals surface area contributed by atoms with E-state index in [2.05, 4.69) is 25.2 Å². The number of carbonyl (C=O) groups is 1. The predicted molar refractivity (Wildman–Crippen MR) is 47.2 cm³/mol. The summed E-state index contributed by atoms with van der Waals surface area (Å²) in [5.74, 6) is -0.00646. The van der Waals surface area contributed by atoms with Crippen molar-refractivity contribution in [1.82, 2.24) is 5.32 Å². The molecule has 1 amide bonds. The van der Waals surface area contributed by atoms with E-state index in [9.17, 15) is 4.79 Å². The summed E-state index contributed by atoms with van der Waals surface area (Å²) >= 11 is 0. The molecule has 0 radical (unpaired) electrons. The SMILES string of the molecule is CC1(C)C=CC=C2NC(=O)C=C21. The van der Waals surface area contributed by atoms with Gasteiger partial charge in [-0.2, -0.15) is 0 Å². The number of carbonyl (C=O) groups excluding carboxylic acids is 1. The van der Waals surface area contributed by atoms with Gasteiger partial charge >= 0.3 is 0 Å². The van der Waals surface area contributed by atoms with Gasteiger partial charge in [-0.25, -0.2) is 0 Å². The van der Waals surface area contributed by atoms with Gasteiger partial charge in [-0.3, -0.25) is 4.79 Å². The molecule has 2 nitrogen and oxygen atoms in total. The molecular formula is C10H11NO. The maximum absolute atomic E-state index is 11.0. The zero-order valence-corrected chi connectivity index (χ0v) is 7.22. The summed E-state index contributed by atoms with van der Waals surface area (Å²) in [4.78, 5) is 11.0. The Morgan fingerprint density at radius 1 is 1.42 bits per heavy atom. The van der Waals surface area contributed by atoms with Crippen LogP contribution in [-0.4, -0.2) is 5.91 Å². The van der Waals surface area contributed by atoms with Crippen LogP contribution < -0.4 is 5.32 Å². The first-order chi connectivity index (χ1) is 5.59. The maximum atomic E-state index is 11.0. The highest BCUT2D eigenvalue weighted by Gasteiger charge is 2.30. The Labute approximate surface area is 71.7 Å². The second-order valence-electron chi connectivity index (χ2n) is 3.71. The van der Waals surface area contributed by atoms with Crippen LogP contribution in [0.3, 0.4) is 0 Å². The van der Waals surface area contributed by atoms with E-state index in [1.54, 1.807) is 6.08 Å². The molecule has 1 N–H and O–H groups in total. The maximum Gasteiger partial charge on any atom is 0.248 e. The minimum atomic E-state index is -0.0107. The predicted octanol–water partition coefficient (Wildman–Crippen LogP) is 1.52. The average molecular weight is 161 g/mol. The summed E-state index contributed by atoms with van der Waals surface area (Å²) in [7, 11) is 0. The summed E-state index contributed by atoms with van der Waals surface area (Å²) in [6.07, 6.45) is 7.69. The third-order valence-electron chi connectivity index (χ3n) is 2.29. The summed E-state index contributed by atoms with van der Waals surface area (Å²) in [5.41, 5.74) is 2.03.